The van der Waals surface area contributed by atoms with E-state index in [4.69, 9.17) is 10.6 Å². The molecule has 0 saturated carbocycles. The quantitative estimate of drug-likeness (QED) is 0.575. The van der Waals surface area contributed by atoms with Gasteiger partial charge in [-0.3, -0.25) is 11.3 Å². The van der Waals surface area contributed by atoms with Crippen LogP contribution in [0.5, 0.6) is 5.75 Å². The molecule has 0 fully saturated rings. The van der Waals surface area contributed by atoms with Crippen molar-refractivity contribution in [1.82, 2.24) is 5.43 Å². The molecule has 3 N–H and O–H groups in total. The lowest BCUT2D eigenvalue weighted by Crippen LogP contribution is -2.31. The van der Waals surface area contributed by atoms with Crippen LogP contribution >= 0.6 is 0 Å². The molecule has 0 aliphatic carbocycles. The third-order valence-corrected chi connectivity index (χ3v) is 2.04. The molecule has 0 radical (unpaired) electrons. The first-order chi connectivity index (χ1) is 7.69. The molecule has 1 aromatic carbocycles. The molecule has 16 heavy (non-hydrogen) atoms. The minimum atomic E-state index is -2.86. The maximum atomic E-state index is 12.1. The number of rotatable bonds is 6. The van der Waals surface area contributed by atoms with E-state index in [0.29, 0.717) is 5.56 Å². The van der Waals surface area contributed by atoms with Crippen LogP contribution in [0.3, 0.4) is 0 Å². The average molecular weight is 232 g/mol. The SMILES string of the molecule is COCC(NN)c1ccccc1OC(F)F. The summed E-state index contributed by atoms with van der Waals surface area (Å²) >= 11 is 0. The molecule has 1 atom stereocenters. The van der Waals surface area contributed by atoms with Gasteiger partial charge >= 0.3 is 6.61 Å². The Morgan fingerprint density at radius 2 is 2.06 bits per heavy atom. The van der Waals surface area contributed by atoms with Crippen LogP contribution in [0.1, 0.15) is 11.6 Å². The van der Waals surface area contributed by atoms with Crippen LogP contribution in [0.25, 0.3) is 0 Å². The van der Waals surface area contributed by atoms with E-state index in [9.17, 15) is 8.78 Å². The predicted octanol–water partition coefficient (Wildman–Crippen LogP) is 1.44. The van der Waals surface area contributed by atoms with Crippen LogP contribution in [-0.4, -0.2) is 20.3 Å². The number of hydrogen-bond acceptors (Lipinski definition) is 4. The largest absolute Gasteiger partial charge is 0.434 e. The number of para-hydroxylation sites is 1. The Morgan fingerprint density at radius 1 is 1.38 bits per heavy atom. The van der Waals surface area contributed by atoms with E-state index in [0.717, 1.165) is 0 Å². The van der Waals surface area contributed by atoms with Crippen molar-refractivity contribution >= 4 is 0 Å². The lowest BCUT2D eigenvalue weighted by atomic mass is 10.1. The van der Waals surface area contributed by atoms with Gasteiger partial charge in [0, 0.05) is 12.7 Å². The van der Waals surface area contributed by atoms with Crippen LogP contribution < -0.4 is 16.0 Å². The van der Waals surface area contributed by atoms with Crippen molar-refractivity contribution in [2.24, 2.45) is 5.84 Å². The molecule has 1 aromatic rings. The van der Waals surface area contributed by atoms with Gasteiger partial charge in [-0.25, -0.2) is 0 Å². The minimum absolute atomic E-state index is 0.0949. The van der Waals surface area contributed by atoms with Gasteiger partial charge < -0.3 is 9.47 Å². The number of methoxy groups -OCH3 is 1. The maximum absolute atomic E-state index is 12.1. The minimum Gasteiger partial charge on any atom is -0.434 e. The lowest BCUT2D eigenvalue weighted by Gasteiger charge is -2.18. The second kappa shape index (κ2) is 6.37. The smallest absolute Gasteiger partial charge is 0.387 e. The van der Waals surface area contributed by atoms with Gasteiger partial charge in [0.1, 0.15) is 5.75 Å². The third kappa shape index (κ3) is 3.41. The average Bonchev–Trinajstić information content (AvgIpc) is 2.26. The van der Waals surface area contributed by atoms with E-state index in [1.165, 1.54) is 13.2 Å². The van der Waals surface area contributed by atoms with E-state index in [1.807, 2.05) is 0 Å². The molecule has 1 rings (SSSR count). The van der Waals surface area contributed by atoms with Crippen molar-refractivity contribution in [3.05, 3.63) is 29.8 Å². The van der Waals surface area contributed by atoms with Gasteiger partial charge in [0.2, 0.25) is 0 Å². The van der Waals surface area contributed by atoms with E-state index in [1.54, 1.807) is 18.2 Å². The van der Waals surface area contributed by atoms with Crippen LogP contribution in [-0.2, 0) is 4.74 Å². The van der Waals surface area contributed by atoms with Gasteiger partial charge in [-0.05, 0) is 6.07 Å². The van der Waals surface area contributed by atoms with Crippen LogP contribution in [0.15, 0.2) is 24.3 Å². The van der Waals surface area contributed by atoms with Gasteiger partial charge in [-0.2, -0.15) is 8.78 Å². The number of halogens is 2. The van der Waals surface area contributed by atoms with Gasteiger partial charge in [0.25, 0.3) is 0 Å². The van der Waals surface area contributed by atoms with E-state index in [-0.39, 0.29) is 18.4 Å². The van der Waals surface area contributed by atoms with Crippen molar-refractivity contribution in [3.63, 3.8) is 0 Å². The van der Waals surface area contributed by atoms with E-state index >= 15 is 0 Å². The van der Waals surface area contributed by atoms with Gasteiger partial charge in [-0.1, -0.05) is 18.2 Å². The molecular formula is C10H14F2N2O2. The van der Waals surface area contributed by atoms with Gasteiger partial charge in [-0.15, -0.1) is 0 Å². The summed E-state index contributed by atoms with van der Waals surface area (Å²) < 4.78 is 33.6. The number of nitrogens with two attached hydrogens (primary N) is 1. The standard InChI is InChI=1S/C10H14F2N2O2/c1-15-6-8(14-13)7-4-2-3-5-9(7)16-10(11)12/h2-5,8,10,14H,6,13H2,1H3. The summed E-state index contributed by atoms with van der Waals surface area (Å²) in [5.41, 5.74) is 3.02. The lowest BCUT2D eigenvalue weighted by molar-refractivity contribution is -0.0509. The summed E-state index contributed by atoms with van der Waals surface area (Å²) in [7, 11) is 1.50. The number of benzene rings is 1. The fourth-order valence-corrected chi connectivity index (χ4v) is 1.37. The summed E-state index contributed by atoms with van der Waals surface area (Å²) in [5.74, 6) is 5.41. The van der Waals surface area contributed by atoms with Crippen molar-refractivity contribution in [1.29, 1.82) is 0 Å². The molecule has 0 amide bonds. The molecule has 0 saturated heterocycles. The highest BCUT2D eigenvalue weighted by Crippen LogP contribution is 2.26. The Bertz CT molecular complexity index is 323. The molecule has 0 aliphatic heterocycles. The van der Waals surface area contributed by atoms with E-state index < -0.39 is 6.61 Å². The van der Waals surface area contributed by atoms with Gasteiger partial charge in [0.05, 0.1) is 12.6 Å². The number of ether oxygens (including phenoxy) is 2. The predicted molar refractivity (Wildman–Crippen MR) is 55.0 cm³/mol. The van der Waals surface area contributed by atoms with Crippen molar-refractivity contribution in [2.75, 3.05) is 13.7 Å². The molecule has 90 valence electrons. The molecule has 4 nitrogen and oxygen atoms in total. The zero-order valence-corrected chi connectivity index (χ0v) is 8.82. The molecule has 0 aromatic heterocycles. The highest BCUT2D eigenvalue weighted by atomic mass is 19.3. The number of hydrogen-bond donors (Lipinski definition) is 2. The first-order valence-corrected chi connectivity index (χ1v) is 4.67. The summed E-state index contributed by atoms with van der Waals surface area (Å²) in [6, 6.07) is 6.05. The first-order valence-electron chi connectivity index (χ1n) is 4.67. The Hall–Kier alpha value is -1.24. The molecule has 1 unspecified atom stereocenters. The molecule has 0 bridgehead atoms. The summed E-state index contributed by atoms with van der Waals surface area (Å²) in [5, 5.41) is 0. The Balaban J connectivity index is 2.91. The number of nitrogens with one attached hydrogen (secondary N) is 1. The van der Waals surface area contributed by atoms with Crippen molar-refractivity contribution in [2.45, 2.75) is 12.7 Å². The normalized spacial score (nSPS) is 12.8. The number of alkyl halides is 2. The summed E-state index contributed by atoms with van der Waals surface area (Å²) in [4.78, 5) is 0. The highest BCUT2D eigenvalue weighted by molar-refractivity contribution is 5.36. The van der Waals surface area contributed by atoms with Crippen LogP contribution in [0, 0.1) is 0 Å². The fourth-order valence-electron chi connectivity index (χ4n) is 1.37. The maximum Gasteiger partial charge on any atom is 0.387 e. The summed E-state index contributed by atoms with van der Waals surface area (Å²) in [6.07, 6.45) is 0. The number of hydrazine groups is 1. The second-order valence-electron chi connectivity index (χ2n) is 3.09. The topological polar surface area (TPSA) is 56.5 Å². The molecule has 0 aliphatic rings. The molecule has 6 heteroatoms. The second-order valence-corrected chi connectivity index (χ2v) is 3.09. The molecular weight excluding hydrogens is 218 g/mol. The van der Waals surface area contributed by atoms with E-state index in [2.05, 4.69) is 10.2 Å². The first kappa shape index (κ1) is 12.8. The Morgan fingerprint density at radius 3 is 2.62 bits per heavy atom. The summed E-state index contributed by atoms with van der Waals surface area (Å²) in [6.45, 7) is -2.60. The fraction of sp³-hybridized carbons (Fsp3) is 0.400. The third-order valence-electron chi connectivity index (χ3n) is 2.04. The zero-order chi connectivity index (χ0) is 12.0. The van der Waals surface area contributed by atoms with Gasteiger partial charge in [0.15, 0.2) is 0 Å². The molecule has 0 spiro atoms. The van der Waals surface area contributed by atoms with Crippen molar-refractivity contribution < 1.29 is 18.3 Å². The Labute approximate surface area is 92.3 Å². The molecule has 0 heterocycles. The highest BCUT2D eigenvalue weighted by Gasteiger charge is 2.16. The zero-order valence-electron chi connectivity index (χ0n) is 8.82. The Kier molecular flexibility index (Phi) is 5.10. The van der Waals surface area contributed by atoms with Crippen LogP contribution in [0.4, 0.5) is 8.78 Å². The van der Waals surface area contributed by atoms with Crippen molar-refractivity contribution in [3.8, 4) is 5.75 Å². The van der Waals surface area contributed by atoms with Crippen LogP contribution in [0.2, 0.25) is 0 Å². The monoisotopic (exact) mass is 232 g/mol.